The topological polar surface area (TPSA) is 53.6 Å². The number of carbonyl (C=O) groups excluding carboxylic acids is 1. The summed E-state index contributed by atoms with van der Waals surface area (Å²) in [5.41, 5.74) is 1.34. The average molecular weight is 386 g/mol. The highest BCUT2D eigenvalue weighted by Crippen LogP contribution is 2.32. The van der Waals surface area contributed by atoms with Gasteiger partial charge in [-0.2, -0.15) is 0 Å². The molecule has 2 atom stereocenters. The van der Waals surface area contributed by atoms with Crippen LogP contribution in [0.1, 0.15) is 50.5 Å². The molecule has 0 spiro atoms. The van der Waals surface area contributed by atoms with E-state index in [1.165, 1.54) is 44.1 Å². The second kappa shape index (κ2) is 9.27. The number of fused-ring (bicyclic) bond motifs is 2. The molecule has 5 nitrogen and oxygen atoms in total. The number of carbonyl (C=O) groups is 1. The van der Waals surface area contributed by atoms with Crippen LogP contribution in [0.15, 0.2) is 24.3 Å². The van der Waals surface area contributed by atoms with Gasteiger partial charge in [-0.25, -0.2) is 0 Å². The predicted octanol–water partition coefficient (Wildman–Crippen LogP) is 2.94. The molecule has 0 aliphatic carbocycles. The quantitative estimate of drug-likeness (QED) is 0.758. The van der Waals surface area contributed by atoms with Gasteiger partial charge in [0.1, 0.15) is 5.75 Å². The molecular formula is C23H35N3O2. The van der Waals surface area contributed by atoms with E-state index < -0.39 is 0 Å². The third-order valence-electron chi connectivity index (χ3n) is 6.91. The lowest BCUT2D eigenvalue weighted by Gasteiger charge is -2.32. The van der Waals surface area contributed by atoms with Crippen LogP contribution in [0.5, 0.6) is 5.75 Å². The Hall–Kier alpha value is -1.59. The zero-order valence-corrected chi connectivity index (χ0v) is 17.2. The second-order valence-electron chi connectivity index (χ2n) is 9.05. The van der Waals surface area contributed by atoms with E-state index in [4.69, 9.17) is 4.74 Å². The molecule has 2 bridgehead atoms. The number of hydrogen-bond donors (Lipinski definition) is 2. The minimum atomic E-state index is 0.270. The van der Waals surface area contributed by atoms with Gasteiger partial charge in [-0.05, 0) is 81.1 Å². The van der Waals surface area contributed by atoms with E-state index in [0.29, 0.717) is 23.9 Å². The van der Waals surface area contributed by atoms with Crippen LogP contribution in [0.25, 0.3) is 0 Å². The molecule has 3 heterocycles. The molecule has 3 saturated heterocycles. The number of ether oxygens (including phenoxy) is 1. The molecule has 2 N–H and O–H groups in total. The number of methoxy groups -OCH3 is 1. The van der Waals surface area contributed by atoms with Crippen molar-refractivity contribution in [1.82, 2.24) is 15.5 Å². The lowest BCUT2D eigenvalue weighted by molar-refractivity contribution is -0.122. The van der Waals surface area contributed by atoms with Crippen LogP contribution < -0.4 is 15.4 Å². The van der Waals surface area contributed by atoms with Crippen LogP contribution >= 0.6 is 0 Å². The number of amides is 1. The first-order valence-electron chi connectivity index (χ1n) is 11.1. The van der Waals surface area contributed by atoms with Gasteiger partial charge in [0, 0.05) is 31.6 Å². The van der Waals surface area contributed by atoms with E-state index in [1.807, 2.05) is 12.1 Å². The number of nitrogens with zero attached hydrogens (tertiary/aromatic N) is 1. The lowest BCUT2D eigenvalue weighted by Crippen LogP contribution is -2.41. The highest BCUT2D eigenvalue weighted by Gasteiger charge is 2.34. The Balaban J connectivity index is 1.13. The van der Waals surface area contributed by atoms with Crippen molar-refractivity contribution in [2.45, 2.75) is 63.6 Å². The van der Waals surface area contributed by atoms with Gasteiger partial charge in [-0.1, -0.05) is 12.1 Å². The number of likely N-dealkylation sites (tertiary alicyclic amines) is 1. The van der Waals surface area contributed by atoms with E-state index in [0.717, 1.165) is 38.3 Å². The maximum atomic E-state index is 12.4. The van der Waals surface area contributed by atoms with Gasteiger partial charge in [0.25, 0.3) is 0 Å². The van der Waals surface area contributed by atoms with Gasteiger partial charge in [-0.15, -0.1) is 0 Å². The predicted molar refractivity (Wildman–Crippen MR) is 111 cm³/mol. The molecule has 2 unspecified atom stereocenters. The smallest absolute Gasteiger partial charge is 0.220 e. The third-order valence-corrected chi connectivity index (χ3v) is 6.91. The first kappa shape index (κ1) is 19.7. The standard InChI is InChI=1S/C23H35N3O2/c1-28-22-6-2-18(3-7-22)16-26-10-8-17(9-11-26)15-24-23(27)14-19-12-20-4-5-21(13-19)25-20/h2-3,6-7,17,19-21,25H,4-5,8-16H2,1H3,(H,24,27). The molecule has 3 aliphatic heterocycles. The monoisotopic (exact) mass is 385 g/mol. The summed E-state index contributed by atoms with van der Waals surface area (Å²) in [4.78, 5) is 14.9. The largest absolute Gasteiger partial charge is 0.497 e. The van der Waals surface area contributed by atoms with Crippen LogP contribution in [0.4, 0.5) is 0 Å². The van der Waals surface area contributed by atoms with Crippen LogP contribution in [-0.2, 0) is 11.3 Å². The van der Waals surface area contributed by atoms with Crippen molar-refractivity contribution in [2.24, 2.45) is 11.8 Å². The van der Waals surface area contributed by atoms with E-state index >= 15 is 0 Å². The van der Waals surface area contributed by atoms with Gasteiger partial charge in [0.2, 0.25) is 5.91 Å². The summed E-state index contributed by atoms with van der Waals surface area (Å²) < 4.78 is 5.23. The van der Waals surface area contributed by atoms with Gasteiger partial charge < -0.3 is 15.4 Å². The Labute approximate surface area is 169 Å². The van der Waals surface area contributed by atoms with Gasteiger partial charge in [0.15, 0.2) is 0 Å². The van der Waals surface area contributed by atoms with Crippen molar-refractivity contribution < 1.29 is 9.53 Å². The SMILES string of the molecule is COc1ccc(CN2CCC(CNC(=O)CC3CC4CCC(C3)N4)CC2)cc1. The van der Waals surface area contributed by atoms with Crippen molar-refractivity contribution in [2.75, 3.05) is 26.7 Å². The maximum absolute atomic E-state index is 12.4. The van der Waals surface area contributed by atoms with Crippen molar-refractivity contribution >= 4 is 5.91 Å². The minimum Gasteiger partial charge on any atom is -0.497 e. The molecule has 154 valence electrons. The maximum Gasteiger partial charge on any atom is 0.220 e. The van der Waals surface area contributed by atoms with Crippen molar-refractivity contribution in [3.63, 3.8) is 0 Å². The van der Waals surface area contributed by atoms with E-state index in [-0.39, 0.29) is 5.91 Å². The summed E-state index contributed by atoms with van der Waals surface area (Å²) in [6.07, 6.45) is 8.06. The van der Waals surface area contributed by atoms with Crippen LogP contribution in [-0.4, -0.2) is 49.6 Å². The average Bonchev–Trinajstić information content (AvgIpc) is 3.06. The molecule has 1 amide bonds. The second-order valence-corrected chi connectivity index (χ2v) is 9.05. The minimum absolute atomic E-state index is 0.270. The normalized spacial score (nSPS) is 28.2. The van der Waals surface area contributed by atoms with Crippen LogP contribution in [0, 0.1) is 11.8 Å². The van der Waals surface area contributed by atoms with Crippen molar-refractivity contribution in [1.29, 1.82) is 0 Å². The Morgan fingerprint density at radius 3 is 2.39 bits per heavy atom. The number of nitrogens with one attached hydrogen (secondary N) is 2. The first-order chi connectivity index (χ1) is 13.7. The number of rotatable bonds is 7. The molecule has 28 heavy (non-hydrogen) atoms. The first-order valence-corrected chi connectivity index (χ1v) is 11.1. The fourth-order valence-electron chi connectivity index (χ4n) is 5.27. The molecule has 0 saturated carbocycles. The Bertz CT molecular complexity index is 628. The van der Waals surface area contributed by atoms with Crippen LogP contribution in [0.2, 0.25) is 0 Å². The summed E-state index contributed by atoms with van der Waals surface area (Å²) in [5.74, 6) is 2.40. The molecule has 3 fully saturated rings. The third kappa shape index (κ3) is 5.26. The molecule has 1 aromatic rings. The Kier molecular flexibility index (Phi) is 6.53. The summed E-state index contributed by atoms with van der Waals surface area (Å²) in [7, 11) is 1.70. The fourth-order valence-corrected chi connectivity index (χ4v) is 5.27. The Morgan fingerprint density at radius 1 is 1.07 bits per heavy atom. The van der Waals surface area contributed by atoms with E-state index in [9.17, 15) is 4.79 Å². The summed E-state index contributed by atoms with van der Waals surface area (Å²) in [6, 6.07) is 9.71. The van der Waals surface area contributed by atoms with E-state index in [1.54, 1.807) is 7.11 Å². The zero-order valence-electron chi connectivity index (χ0n) is 17.2. The fraction of sp³-hybridized carbons (Fsp3) is 0.696. The molecular weight excluding hydrogens is 350 g/mol. The number of piperidine rings is 2. The Morgan fingerprint density at radius 2 is 1.75 bits per heavy atom. The van der Waals surface area contributed by atoms with Gasteiger partial charge in [-0.3, -0.25) is 9.69 Å². The zero-order chi connectivity index (χ0) is 19.3. The summed E-state index contributed by atoms with van der Waals surface area (Å²) in [6.45, 7) is 4.09. The summed E-state index contributed by atoms with van der Waals surface area (Å²) >= 11 is 0. The molecule has 0 radical (unpaired) electrons. The summed E-state index contributed by atoms with van der Waals surface area (Å²) in [5, 5.41) is 6.90. The van der Waals surface area contributed by atoms with Crippen LogP contribution in [0.3, 0.4) is 0 Å². The van der Waals surface area contributed by atoms with Crippen molar-refractivity contribution in [3.05, 3.63) is 29.8 Å². The number of hydrogen-bond acceptors (Lipinski definition) is 4. The van der Waals surface area contributed by atoms with Gasteiger partial charge >= 0.3 is 0 Å². The number of benzene rings is 1. The van der Waals surface area contributed by atoms with Crippen molar-refractivity contribution in [3.8, 4) is 5.75 Å². The molecule has 0 aromatic heterocycles. The molecule has 3 aliphatic rings. The lowest BCUT2D eigenvalue weighted by atomic mass is 9.89. The highest BCUT2D eigenvalue weighted by atomic mass is 16.5. The highest BCUT2D eigenvalue weighted by molar-refractivity contribution is 5.76. The molecule has 5 heteroatoms. The van der Waals surface area contributed by atoms with Gasteiger partial charge in [0.05, 0.1) is 7.11 Å². The molecule has 4 rings (SSSR count). The van der Waals surface area contributed by atoms with E-state index in [2.05, 4.69) is 27.7 Å². The molecule has 1 aromatic carbocycles.